The van der Waals surface area contributed by atoms with E-state index in [0.717, 1.165) is 0 Å². The predicted octanol–water partition coefficient (Wildman–Crippen LogP) is 3.25. The quantitative estimate of drug-likeness (QED) is 0.675. The summed E-state index contributed by atoms with van der Waals surface area (Å²) in [5.74, 6) is -0.466. The minimum absolute atomic E-state index is 0.0153. The Labute approximate surface area is 121 Å². The highest BCUT2D eigenvalue weighted by atomic mass is 16.6. The number of hydrogen-bond donors (Lipinski definition) is 1. The average Bonchev–Trinajstić information content (AvgIpc) is 2.48. The second-order valence-electron chi connectivity index (χ2n) is 4.16. The number of amides is 1. The number of carbonyl (C=O) groups excluding carboxylic acids is 1. The van der Waals surface area contributed by atoms with Gasteiger partial charge in [-0.25, -0.2) is 0 Å². The molecule has 0 saturated heterocycles. The zero-order valence-corrected chi connectivity index (χ0v) is 11.4. The fraction of sp³-hybridized carbons (Fsp3) is 0.133. The highest BCUT2D eigenvalue weighted by Gasteiger charge is 2.22. The number of nitrogens with zero attached hydrogens (tertiary/aromatic N) is 1. The lowest BCUT2D eigenvalue weighted by atomic mass is 10.1. The predicted molar refractivity (Wildman–Crippen MR) is 78.7 cm³/mol. The van der Waals surface area contributed by atoms with E-state index in [-0.39, 0.29) is 23.6 Å². The van der Waals surface area contributed by atoms with E-state index in [1.807, 2.05) is 6.07 Å². The topological polar surface area (TPSA) is 81.5 Å². The lowest BCUT2D eigenvalue weighted by Gasteiger charge is -2.10. The molecule has 0 bridgehead atoms. The Hall–Kier alpha value is -2.89. The molecular weight excluding hydrogens is 272 g/mol. The third kappa shape index (κ3) is 3.36. The van der Waals surface area contributed by atoms with Crippen molar-refractivity contribution in [2.75, 3.05) is 11.9 Å². The first-order valence-corrected chi connectivity index (χ1v) is 6.40. The first-order chi connectivity index (χ1) is 10.1. The highest BCUT2D eigenvalue weighted by molar-refractivity contribution is 6.07. The molecule has 0 atom stereocenters. The fourth-order valence-electron chi connectivity index (χ4n) is 1.86. The minimum atomic E-state index is -0.565. The van der Waals surface area contributed by atoms with Gasteiger partial charge >= 0.3 is 5.69 Å². The van der Waals surface area contributed by atoms with E-state index in [9.17, 15) is 14.9 Å². The van der Waals surface area contributed by atoms with Crippen LogP contribution in [0.2, 0.25) is 0 Å². The van der Waals surface area contributed by atoms with E-state index in [2.05, 4.69) is 5.32 Å². The molecule has 6 heteroatoms. The van der Waals surface area contributed by atoms with Crippen LogP contribution in [0.3, 0.4) is 0 Å². The molecule has 0 saturated carbocycles. The summed E-state index contributed by atoms with van der Waals surface area (Å²) in [5.41, 5.74) is 0.518. The number of nitro groups is 1. The van der Waals surface area contributed by atoms with Crippen LogP contribution >= 0.6 is 0 Å². The van der Waals surface area contributed by atoms with Gasteiger partial charge in [0.05, 0.1) is 17.1 Å². The maximum absolute atomic E-state index is 12.3. The third-order valence-corrected chi connectivity index (χ3v) is 2.76. The number of rotatable bonds is 5. The van der Waals surface area contributed by atoms with Crippen molar-refractivity contribution in [1.82, 2.24) is 0 Å². The number of para-hydroxylation sites is 2. The van der Waals surface area contributed by atoms with Crippen molar-refractivity contribution in [1.29, 1.82) is 0 Å². The van der Waals surface area contributed by atoms with Gasteiger partial charge in [-0.2, -0.15) is 0 Å². The summed E-state index contributed by atoms with van der Waals surface area (Å²) < 4.78 is 5.29. The van der Waals surface area contributed by atoms with Crippen LogP contribution in [0, 0.1) is 10.1 Å². The molecule has 0 aliphatic carbocycles. The number of hydrogen-bond acceptors (Lipinski definition) is 4. The van der Waals surface area contributed by atoms with E-state index >= 15 is 0 Å². The molecule has 1 N–H and O–H groups in total. The molecule has 0 radical (unpaired) electrons. The van der Waals surface area contributed by atoms with Gasteiger partial charge in [-0.05, 0) is 25.1 Å². The van der Waals surface area contributed by atoms with Crippen molar-refractivity contribution in [3.8, 4) is 5.75 Å². The largest absolute Gasteiger partial charge is 0.487 e. The molecule has 0 unspecified atom stereocenters. The Bertz CT molecular complexity index is 656. The van der Waals surface area contributed by atoms with Gasteiger partial charge in [0.1, 0.15) is 0 Å². The maximum Gasteiger partial charge on any atom is 0.311 e. The Morgan fingerprint density at radius 1 is 1.19 bits per heavy atom. The molecule has 0 aromatic heterocycles. The SMILES string of the molecule is CCOc1c(C(=O)Nc2ccccc2)cccc1[N+](=O)[O-]. The van der Waals surface area contributed by atoms with Crippen molar-refractivity contribution in [3.05, 3.63) is 64.2 Å². The Kier molecular flexibility index (Phi) is 4.50. The minimum Gasteiger partial charge on any atom is -0.487 e. The number of nitrogens with one attached hydrogen (secondary N) is 1. The summed E-state index contributed by atoms with van der Waals surface area (Å²) in [6, 6.07) is 13.1. The zero-order valence-electron chi connectivity index (χ0n) is 11.4. The van der Waals surface area contributed by atoms with Crippen LogP contribution < -0.4 is 10.1 Å². The summed E-state index contributed by atoms with van der Waals surface area (Å²) in [6.07, 6.45) is 0. The second kappa shape index (κ2) is 6.51. The summed E-state index contributed by atoms with van der Waals surface area (Å²) in [6.45, 7) is 1.94. The highest BCUT2D eigenvalue weighted by Crippen LogP contribution is 2.31. The van der Waals surface area contributed by atoms with E-state index in [1.165, 1.54) is 18.2 Å². The standard InChI is InChI=1S/C15H14N2O4/c1-2-21-14-12(9-6-10-13(14)17(19)20)15(18)16-11-7-4-3-5-8-11/h3-10H,2H2,1H3,(H,16,18). The Morgan fingerprint density at radius 3 is 2.52 bits per heavy atom. The molecule has 0 spiro atoms. The molecule has 6 nitrogen and oxygen atoms in total. The molecular formula is C15H14N2O4. The van der Waals surface area contributed by atoms with Crippen LogP contribution in [0.15, 0.2) is 48.5 Å². The lowest BCUT2D eigenvalue weighted by Crippen LogP contribution is -2.14. The fourth-order valence-corrected chi connectivity index (χ4v) is 1.86. The summed E-state index contributed by atoms with van der Waals surface area (Å²) in [7, 11) is 0. The summed E-state index contributed by atoms with van der Waals surface area (Å²) in [4.78, 5) is 22.7. The number of anilines is 1. The molecule has 21 heavy (non-hydrogen) atoms. The van der Waals surface area contributed by atoms with Crippen molar-refractivity contribution in [2.45, 2.75) is 6.92 Å². The number of nitro benzene ring substituents is 1. The molecule has 2 rings (SSSR count). The van der Waals surface area contributed by atoms with E-state index in [0.29, 0.717) is 5.69 Å². The van der Waals surface area contributed by atoms with Crippen LogP contribution in [0.4, 0.5) is 11.4 Å². The molecule has 0 aliphatic rings. The molecule has 0 fully saturated rings. The van der Waals surface area contributed by atoms with Crippen LogP contribution in [0.25, 0.3) is 0 Å². The first kappa shape index (κ1) is 14.5. The monoisotopic (exact) mass is 286 g/mol. The van der Waals surface area contributed by atoms with Gasteiger partial charge in [-0.3, -0.25) is 14.9 Å². The van der Waals surface area contributed by atoms with E-state index in [4.69, 9.17) is 4.74 Å². The Balaban J connectivity index is 2.36. The average molecular weight is 286 g/mol. The van der Waals surface area contributed by atoms with Crippen molar-refractivity contribution in [2.24, 2.45) is 0 Å². The van der Waals surface area contributed by atoms with Crippen LogP contribution in [-0.2, 0) is 0 Å². The lowest BCUT2D eigenvalue weighted by molar-refractivity contribution is -0.385. The maximum atomic E-state index is 12.3. The summed E-state index contributed by atoms with van der Waals surface area (Å²) in [5, 5.41) is 13.7. The molecule has 2 aromatic rings. The van der Waals surface area contributed by atoms with Crippen molar-refractivity contribution >= 4 is 17.3 Å². The zero-order chi connectivity index (χ0) is 15.2. The van der Waals surface area contributed by atoms with Gasteiger partial charge in [-0.1, -0.05) is 24.3 Å². The van der Waals surface area contributed by atoms with Gasteiger partial charge in [0.2, 0.25) is 5.75 Å². The third-order valence-electron chi connectivity index (χ3n) is 2.76. The normalized spacial score (nSPS) is 9.95. The smallest absolute Gasteiger partial charge is 0.311 e. The van der Waals surface area contributed by atoms with Gasteiger partial charge in [0, 0.05) is 11.8 Å². The number of carbonyl (C=O) groups is 1. The van der Waals surface area contributed by atoms with Gasteiger partial charge in [-0.15, -0.1) is 0 Å². The van der Waals surface area contributed by atoms with Gasteiger partial charge in [0.25, 0.3) is 5.91 Å². The summed E-state index contributed by atoms with van der Waals surface area (Å²) >= 11 is 0. The van der Waals surface area contributed by atoms with Gasteiger partial charge < -0.3 is 10.1 Å². The van der Waals surface area contributed by atoms with E-state index in [1.54, 1.807) is 31.2 Å². The van der Waals surface area contributed by atoms with Crippen LogP contribution in [-0.4, -0.2) is 17.4 Å². The molecule has 2 aromatic carbocycles. The van der Waals surface area contributed by atoms with Crippen molar-refractivity contribution in [3.63, 3.8) is 0 Å². The van der Waals surface area contributed by atoms with Gasteiger partial charge in [0.15, 0.2) is 0 Å². The number of ether oxygens (including phenoxy) is 1. The van der Waals surface area contributed by atoms with Crippen LogP contribution in [0.1, 0.15) is 17.3 Å². The molecule has 0 aliphatic heterocycles. The molecule has 0 heterocycles. The Morgan fingerprint density at radius 2 is 1.90 bits per heavy atom. The molecule has 1 amide bonds. The van der Waals surface area contributed by atoms with Crippen LogP contribution in [0.5, 0.6) is 5.75 Å². The van der Waals surface area contributed by atoms with Crippen molar-refractivity contribution < 1.29 is 14.5 Å². The first-order valence-electron chi connectivity index (χ1n) is 6.40. The second-order valence-corrected chi connectivity index (χ2v) is 4.16. The molecule has 108 valence electrons. The number of benzene rings is 2. The van der Waals surface area contributed by atoms with E-state index < -0.39 is 10.8 Å².